The van der Waals surface area contributed by atoms with Crippen molar-refractivity contribution in [1.29, 1.82) is 0 Å². The van der Waals surface area contributed by atoms with Crippen molar-refractivity contribution in [3.8, 4) is 0 Å². The lowest BCUT2D eigenvalue weighted by molar-refractivity contribution is 0.0751. The number of hydrogen-bond donors (Lipinski definition) is 0. The minimum atomic E-state index is 0.919. The van der Waals surface area contributed by atoms with E-state index in [9.17, 15) is 0 Å². The molecule has 0 unspecified atom stereocenters. The summed E-state index contributed by atoms with van der Waals surface area (Å²) in [5.41, 5.74) is 0. The second-order valence-electron chi connectivity index (χ2n) is 6.08. The van der Waals surface area contributed by atoms with Gasteiger partial charge in [0.2, 0.25) is 0 Å². The summed E-state index contributed by atoms with van der Waals surface area (Å²) in [4.78, 5) is 2.85. The molecular weight excluding hydrogens is 206 g/mol. The number of piperidine rings is 1. The lowest BCUT2D eigenvalue weighted by Crippen LogP contribution is -2.46. The summed E-state index contributed by atoms with van der Waals surface area (Å²) in [5.74, 6) is 0.953. The molecule has 2 fully saturated rings. The van der Waals surface area contributed by atoms with Gasteiger partial charge in [-0.3, -0.25) is 4.90 Å². The van der Waals surface area contributed by atoms with Crippen LogP contribution in [0.1, 0.15) is 64.7 Å². The average Bonchev–Trinajstić information content (AvgIpc) is 2.81. The smallest absolute Gasteiger partial charge is 0.0124 e. The van der Waals surface area contributed by atoms with Crippen LogP contribution in [0.2, 0.25) is 0 Å². The molecule has 0 spiro atoms. The lowest BCUT2D eigenvalue weighted by atomic mass is 9.85. The molecule has 3 atom stereocenters. The number of allylic oxidation sites excluding steroid dienone is 1. The van der Waals surface area contributed by atoms with E-state index in [1.54, 1.807) is 0 Å². The first-order chi connectivity index (χ1) is 8.33. The van der Waals surface area contributed by atoms with Gasteiger partial charge in [-0.05, 0) is 57.4 Å². The zero-order chi connectivity index (χ0) is 12.1. The van der Waals surface area contributed by atoms with E-state index in [0.29, 0.717) is 0 Å². The third-order valence-electron chi connectivity index (χ3n) is 4.87. The zero-order valence-electron chi connectivity index (χ0n) is 11.5. The van der Waals surface area contributed by atoms with Crippen molar-refractivity contribution < 1.29 is 0 Å². The van der Waals surface area contributed by atoms with Gasteiger partial charge in [0.15, 0.2) is 0 Å². The highest BCUT2D eigenvalue weighted by atomic mass is 15.2. The largest absolute Gasteiger partial charge is 0.297 e. The van der Waals surface area contributed by atoms with Gasteiger partial charge >= 0.3 is 0 Å². The molecule has 0 aromatic heterocycles. The Kier molecular flexibility index (Phi) is 5.09. The third kappa shape index (κ3) is 3.34. The lowest BCUT2D eigenvalue weighted by Gasteiger charge is -2.41. The minimum absolute atomic E-state index is 0.919. The Bertz CT molecular complexity index is 236. The molecule has 17 heavy (non-hydrogen) atoms. The molecule has 0 amide bonds. The van der Waals surface area contributed by atoms with Crippen molar-refractivity contribution in [3.05, 3.63) is 12.7 Å². The van der Waals surface area contributed by atoms with E-state index >= 15 is 0 Å². The van der Waals surface area contributed by atoms with Gasteiger partial charge in [-0.1, -0.05) is 25.8 Å². The van der Waals surface area contributed by atoms with E-state index in [1.807, 2.05) is 0 Å². The van der Waals surface area contributed by atoms with Crippen molar-refractivity contribution in [3.63, 3.8) is 0 Å². The molecule has 2 saturated heterocycles. The fourth-order valence-corrected chi connectivity index (χ4v) is 3.85. The molecule has 2 heterocycles. The first-order valence-corrected chi connectivity index (χ1v) is 7.69. The normalized spacial score (nSPS) is 33.6. The molecule has 0 aromatic carbocycles. The van der Waals surface area contributed by atoms with Gasteiger partial charge in [0.05, 0.1) is 0 Å². The van der Waals surface area contributed by atoms with Gasteiger partial charge in [0.25, 0.3) is 0 Å². The number of fused-ring (bicyclic) bond motifs is 1. The second-order valence-corrected chi connectivity index (χ2v) is 6.08. The van der Waals surface area contributed by atoms with Crippen LogP contribution < -0.4 is 0 Å². The van der Waals surface area contributed by atoms with E-state index < -0.39 is 0 Å². The monoisotopic (exact) mass is 235 g/mol. The topological polar surface area (TPSA) is 3.24 Å². The Morgan fingerprint density at radius 2 is 2.06 bits per heavy atom. The van der Waals surface area contributed by atoms with Crippen molar-refractivity contribution in [2.24, 2.45) is 5.92 Å². The maximum absolute atomic E-state index is 3.79. The van der Waals surface area contributed by atoms with E-state index in [2.05, 4.69) is 24.5 Å². The van der Waals surface area contributed by atoms with E-state index in [1.165, 1.54) is 64.3 Å². The molecule has 0 radical (unpaired) electrons. The van der Waals surface area contributed by atoms with Crippen LogP contribution in [-0.2, 0) is 0 Å². The standard InChI is InChI=1S/C16H29N/c1-3-4-5-6-7-9-15-12-11-14(2)16-10-8-13-17(15)16/h3,14-16H,1,4-13H2,2H3/t14-,15-,16+/m0/s1. The van der Waals surface area contributed by atoms with E-state index in [4.69, 9.17) is 0 Å². The predicted octanol–water partition coefficient (Wildman–Crippen LogP) is 4.39. The minimum Gasteiger partial charge on any atom is -0.297 e. The summed E-state index contributed by atoms with van der Waals surface area (Å²) >= 11 is 0. The highest BCUT2D eigenvalue weighted by Gasteiger charge is 2.37. The van der Waals surface area contributed by atoms with Crippen LogP contribution in [0.4, 0.5) is 0 Å². The molecule has 0 bridgehead atoms. The van der Waals surface area contributed by atoms with Gasteiger partial charge in [-0.15, -0.1) is 6.58 Å². The molecule has 1 heteroatoms. The quantitative estimate of drug-likeness (QED) is 0.487. The third-order valence-corrected chi connectivity index (χ3v) is 4.87. The number of unbranched alkanes of at least 4 members (excludes halogenated alkanes) is 3. The van der Waals surface area contributed by atoms with E-state index in [-0.39, 0.29) is 0 Å². The van der Waals surface area contributed by atoms with Crippen molar-refractivity contribution in [2.75, 3.05) is 6.54 Å². The van der Waals surface area contributed by atoms with Crippen LogP contribution >= 0.6 is 0 Å². The molecule has 2 aliphatic rings. The van der Waals surface area contributed by atoms with Crippen LogP contribution in [-0.4, -0.2) is 23.5 Å². The van der Waals surface area contributed by atoms with Crippen LogP contribution in [0.15, 0.2) is 12.7 Å². The van der Waals surface area contributed by atoms with Crippen molar-refractivity contribution >= 4 is 0 Å². The van der Waals surface area contributed by atoms with Crippen LogP contribution in [0.5, 0.6) is 0 Å². The first kappa shape index (κ1) is 13.1. The first-order valence-electron chi connectivity index (χ1n) is 7.69. The highest BCUT2D eigenvalue weighted by molar-refractivity contribution is 4.92. The van der Waals surface area contributed by atoms with Gasteiger partial charge in [0.1, 0.15) is 0 Å². The maximum atomic E-state index is 3.79. The summed E-state index contributed by atoms with van der Waals surface area (Å²) in [6.45, 7) is 7.63. The number of hydrogen-bond acceptors (Lipinski definition) is 1. The zero-order valence-corrected chi connectivity index (χ0v) is 11.5. The summed E-state index contributed by atoms with van der Waals surface area (Å²) < 4.78 is 0. The Morgan fingerprint density at radius 3 is 2.88 bits per heavy atom. The molecule has 2 rings (SSSR count). The van der Waals surface area contributed by atoms with E-state index in [0.717, 1.165) is 18.0 Å². The molecule has 1 nitrogen and oxygen atoms in total. The molecule has 0 aromatic rings. The Balaban J connectivity index is 1.71. The van der Waals surface area contributed by atoms with Crippen molar-refractivity contribution in [2.45, 2.75) is 76.8 Å². The average molecular weight is 235 g/mol. The second kappa shape index (κ2) is 6.58. The summed E-state index contributed by atoms with van der Waals surface area (Å²) in [5, 5.41) is 0. The predicted molar refractivity (Wildman–Crippen MR) is 75.2 cm³/mol. The number of nitrogens with zero attached hydrogens (tertiary/aromatic N) is 1. The molecule has 0 aliphatic carbocycles. The highest BCUT2D eigenvalue weighted by Crippen LogP contribution is 2.36. The SMILES string of the molecule is C=CCCCCC[C@H]1CC[C@H](C)[C@H]2CCCN12. The van der Waals surface area contributed by atoms with Crippen LogP contribution in [0.3, 0.4) is 0 Å². The summed E-state index contributed by atoms with van der Waals surface area (Å²) in [7, 11) is 0. The van der Waals surface area contributed by atoms with Crippen molar-refractivity contribution in [1.82, 2.24) is 4.90 Å². The molecular formula is C16H29N. The molecule has 0 N–H and O–H groups in total. The molecule has 98 valence electrons. The Morgan fingerprint density at radius 1 is 1.18 bits per heavy atom. The van der Waals surface area contributed by atoms with Gasteiger partial charge in [0, 0.05) is 12.1 Å². The van der Waals surface area contributed by atoms with Crippen LogP contribution in [0, 0.1) is 5.92 Å². The Hall–Kier alpha value is -0.300. The van der Waals surface area contributed by atoms with Crippen LogP contribution in [0.25, 0.3) is 0 Å². The van der Waals surface area contributed by atoms with Gasteiger partial charge < -0.3 is 0 Å². The fraction of sp³-hybridized carbons (Fsp3) is 0.875. The van der Waals surface area contributed by atoms with Gasteiger partial charge in [-0.25, -0.2) is 0 Å². The number of rotatable bonds is 6. The summed E-state index contributed by atoms with van der Waals surface area (Å²) in [6.07, 6.45) is 14.7. The molecule has 2 aliphatic heterocycles. The summed E-state index contributed by atoms with van der Waals surface area (Å²) in [6, 6.07) is 1.85. The van der Waals surface area contributed by atoms with Gasteiger partial charge in [-0.2, -0.15) is 0 Å². The maximum Gasteiger partial charge on any atom is 0.0124 e. The molecule has 0 saturated carbocycles. The Labute approximate surface area is 107 Å². The fourth-order valence-electron chi connectivity index (χ4n) is 3.85.